The van der Waals surface area contributed by atoms with Crippen molar-refractivity contribution in [1.82, 2.24) is 4.90 Å². The molecule has 2 rings (SSSR count). The number of aryl methyl sites for hydroxylation is 2. The van der Waals surface area contributed by atoms with Gasteiger partial charge in [-0.15, -0.1) is 0 Å². The van der Waals surface area contributed by atoms with Crippen molar-refractivity contribution in [2.45, 2.75) is 32.6 Å². The average Bonchev–Trinajstić information content (AvgIpc) is 2.38. The van der Waals surface area contributed by atoms with Crippen LogP contribution in [0.4, 0.5) is 0 Å². The van der Waals surface area contributed by atoms with Gasteiger partial charge in [-0.1, -0.05) is 23.8 Å². The maximum atomic E-state index is 11.5. The second-order valence-corrected chi connectivity index (χ2v) is 5.22. The standard InChI is InChI=1S/C15H22N2O/c1-11-3-4-14(12(2)9-11)13-5-7-17(8-6-13)15(18)10-16/h3-4,9,13H,5-8,10,16H2,1-2H3. The minimum atomic E-state index is 0.0779. The Balaban J connectivity index is 2.03. The molecule has 0 atom stereocenters. The van der Waals surface area contributed by atoms with Crippen LogP contribution in [0.15, 0.2) is 18.2 Å². The van der Waals surface area contributed by atoms with E-state index < -0.39 is 0 Å². The summed E-state index contributed by atoms with van der Waals surface area (Å²) in [5.74, 6) is 0.668. The molecule has 0 radical (unpaired) electrons. The highest BCUT2D eigenvalue weighted by atomic mass is 16.2. The summed E-state index contributed by atoms with van der Waals surface area (Å²) < 4.78 is 0. The fourth-order valence-electron chi connectivity index (χ4n) is 2.85. The van der Waals surface area contributed by atoms with Crippen molar-refractivity contribution in [3.8, 4) is 0 Å². The summed E-state index contributed by atoms with van der Waals surface area (Å²) in [6.07, 6.45) is 2.10. The van der Waals surface area contributed by atoms with Crippen LogP contribution in [0.3, 0.4) is 0 Å². The van der Waals surface area contributed by atoms with Crippen molar-refractivity contribution in [1.29, 1.82) is 0 Å². The summed E-state index contributed by atoms with van der Waals surface area (Å²) in [6, 6.07) is 6.67. The average molecular weight is 246 g/mol. The first-order chi connectivity index (χ1) is 8.61. The second kappa shape index (κ2) is 5.53. The molecule has 3 heteroatoms. The Hall–Kier alpha value is -1.35. The fraction of sp³-hybridized carbons (Fsp3) is 0.533. The molecule has 1 fully saturated rings. The topological polar surface area (TPSA) is 46.3 Å². The number of nitrogens with zero attached hydrogens (tertiary/aromatic N) is 1. The lowest BCUT2D eigenvalue weighted by molar-refractivity contribution is -0.130. The number of rotatable bonds is 2. The molecule has 0 aliphatic carbocycles. The monoisotopic (exact) mass is 246 g/mol. The van der Waals surface area contributed by atoms with Crippen molar-refractivity contribution in [2.75, 3.05) is 19.6 Å². The number of amides is 1. The molecular weight excluding hydrogens is 224 g/mol. The number of hydrogen-bond acceptors (Lipinski definition) is 2. The van der Waals surface area contributed by atoms with Crippen LogP contribution in [0, 0.1) is 13.8 Å². The lowest BCUT2D eigenvalue weighted by atomic mass is 9.86. The van der Waals surface area contributed by atoms with E-state index in [0.717, 1.165) is 25.9 Å². The molecule has 0 saturated carbocycles. The first-order valence-corrected chi connectivity index (χ1v) is 6.67. The third-order valence-electron chi connectivity index (χ3n) is 3.89. The molecule has 98 valence electrons. The highest BCUT2D eigenvalue weighted by molar-refractivity contribution is 5.78. The second-order valence-electron chi connectivity index (χ2n) is 5.22. The van der Waals surface area contributed by atoms with E-state index in [0.29, 0.717) is 5.92 Å². The molecule has 18 heavy (non-hydrogen) atoms. The van der Waals surface area contributed by atoms with Crippen molar-refractivity contribution in [3.63, 3.8) is 0 Å². The Morgan fingerprint density at radius 3 is 2.56 bits per heavy atom. The molecule has 1 aromatic rings. The van der Waals surface area contributed by atoms with Gasteiger partial charge in [0.15, 0.2) is 0 Å². The third kappa shape index (κ3) is 2.72. The molecule has 0 bridgehead atoms. The largest absolute Gasteiger partial charge is 0.342 e. The summed E-state index contributed by atoms with van der Waals surface area (Å²) in [6.45, 7) is 6.12. The number of likely N-dealkylation sites (tertiary alicyclic amines) is 1. The zero-order chi connectivity index (χ0) is 13.1. The predicted molar refractivity (Wildman–Crippen MR) is 73.5 cm³/mol. The maximum Gasteiger partial charge on any atom is 0.236 e. The van der Waals surface area contributed by atoms with Crippen molar-refractivity contribution >= 4 is 5.91 Å². The molecule has 1 amide bonds. The Morgan fingerprint density at radius 2 is 2.00 bits per heavy atom. The van der Waals surface area contributed by atoms with E-state index in [-0.39, 0.29) is 12.5 Å². The Labute approximate surface area is 109 Å². The highest BCUT2D eigenvalue weighted by Gasteiger charge is 2.23. The Morgan fingerprint density at radius 1 is 1.33 bits per heavy atom. The smallest absolute Gasteiger partial charge is 0.236 e. The van der Waals surface area contributed by atoms with Gasteiger partial charge in [-0.3, -0.25) is 4.79 Å². The quantitative estimate of drug-likeness (QED) is 0.867. The maximum absolute atomic E-state index is 11.5. The van der Waals surface area contributed by atoms with Gasteiger partial charge < -0.3 is 10.6 Å². The molecule has 1 aromatic carbocycles. The van der Waals surface area contributed by atoms with E-state index in [4.69, 9.17) is 5.73 Å². The van der Waals surface area contributed by atoms with Crippen LogP contribution in [0.25, 0.3) is 0 Å². The van der Waals surface area contributed by atoms with E-state index in [9.17, 15) is 4.79 Å². The van der Waals surface area contributed by atoms with Gasteiger partial charge in [0.25, 0.3) is 0 Å². The van der Waals surface area contributed by atoms with Gasteiger partial charge >= 0.3 is 0 Å². The summed E-state index contributed by atoms with van der Waals surface area (Å²) in [4.78, 5) is 13.4. The minimum Gasteiger partial charge on any atom is -0.342 e. The van der Waals surface area contributed by atoms with Crippen molar-refractivity contribution in [2.24, 2.45) is 5.73 Å². The molecule has 1 saturated heterocycles. The first kappa shape index (κ1) is 13.1. The number of carbonyl (C=O) groups is 1. The Kier molecular flexibility index (Phi) is 4.02. The van der Waals surface area contributed by atoms with E-state index in [2.05, 4.69) is 32.0 Å². The van der Waals surface area contributed by atoms with Gasteiger partial charge in [-0.05, 0) is 43.7 Å². The van der Waals surface area contributed by atoms with Crippen LogP contribution in [0.5, 0.6) is 0 Å². The van der Waals surface area contributed by atoms with Crippen molar-refractivity contribution < 1.29 is 4.79 Å². The minimum absolute atomic E-state index is 0.0779. The fourth-order valence-corrected chi connectivity index (χ4v) is 2.85. The number of nitrogens with two attached hydrogens (primary N) is 1. The van der Waals surface area contributed by atoms with Crippen LogP contribution in [-0.2, 0) is 4.79 Å². The molecule has 0 spiro atoms. The van der Waals surface area contributed by atoms with Crippen LogP contribution >= 0.6 is 0 Å². The third-order valence-corrected chi connectivity index (χ3v) is 3.89. The number of hydrogen-bond donors (Lipinski definition) is 1. The number of benzene rings is 1. The summed E-state index contributed by atoms with van der Waals surface area (Å²) in [5, 5.41) is 0. The molecule has 1 aliphatic rings. The molecule has 1 heterocycles. The van der Waals surface area contributed by atoms with E-state index >= 15 is 0 Å². The van der Waals surface area contributed by atoms with Crippen LogP contribution in [0.2, 0.25) is 0 Å². The van der Waals surface area contributed by atoms with Crippen LogP contribution in [-0.4, -0.2) is 30.4 Å². The van der Waals surface area contributed by atoms with Gasteiger partial charge in [0.05, 0.1) is 6.54 Å². The lowest BCUT2D eigenvalue weighted by Crippen LogP contribution is -2.41. The molecule has 0 unspecified atom stereocenters. The predicted octanol–water partition coefficient (Wildman–Crippen LogP) is 1.97. The zero-order valence-corrected chi connectivity index (χ0v) is 11.3. The van der Waals surface area contributed by atoms with E-state index in [1.54, 1.807) is 0 Å². The van der Waals surface area contributed by atoms with Gasteiger partial charge in [-0.2, -0.15) is 0 Å². The zero-order valence-electron chi connectivity index (χ0n) is 11.3. The molecule has 1 aliphatic heterocycles. The highest BCUT2D eigenvalue weighted by Crippen LogP contribution is 2.30. The molecule has 3 nitrogen and oxygen atoms in total. The number of carbonyl (C=O) groups excluding carboxylic acids is 1. The van der Waals surface area contributed by atoms with Crippen molar-refractivity contribution in [3.05, 3.63) is 34.9 Å². The van der Waals surface area contributed by atoms with Gasteiger partial charge in [0, 0.05) is 13.1 Å². The lowest BCUT2D eigenvalue weighted by Gasteiger charge is -2.32. The van der Waals surface area contributed by atoms with E-state index in [1.807, 2.05) is 4.90 Å². The molecule has 2 N–H and O–H groups in total. The molecule has 0 aromatic heterocycles. The van der Waals surface area contributed by atoms with E-state index in [1.165, 1.54) is 16.7 Å². The normalized spacial score (nSPS) is 16.9. The van der Waals surface area contributed by atoms with Gasteiger partial charge in [0.2, 0.25) is 5.91 Å². The van der Waals surface area contributed by atoms with Crippen LogP contribution < -0.4 is 5.73 Å². The first-order valence-electron chi connectivity index (χ1n) is 6.67. The van der Waals surface area contributed by atoms with Gasteiger partial charge in [0.1, 0.15) is 0 Å². The van der Waals surface area contributed by atoms with Crippen LogP contribution in [0.1, 0.15) is 35.4 Å². The Bertz CT molecular complexity index is 434. The summed E-state index contributed by atoms with van der Waals surface area (Å²) in [5.41, 5.74) is 9.53. The molecular formula is C15H22N2O. The van der Waals surface area contributed by atoms with Gasteiger partial charge in [-0.25, -0.2) is 0 Å². The summed E-state index contributed by atoms with van der Waals surface area (Å²) >= 11 is 0. The number of piperidine rings is 1. The summed E-state index contributed by atoms with van der Waals surface area (Å²) in [7, 11) is 0. The SMILES string of the molecule is Cc1ccc(C2CCN(C(=O)CN)CC2)c(C)c1.